The van der Waals surface area contributed by atoms with Crippen LogP contribution < -0.4 is 5.32 Å². The van der Waals surface area contributed by atoms with Crippen molar-refractivity contribution in [1.82, 2.24) is 5.32 Å². The van der Waals surface area contributed by atoms with Crippen molar-refractivity contribution in [1.29, 1.82) is 0 Å². The molecule has 1 atom stereocenters. The number of nitrogens with one attached hydrogen (secondary N) is 1. The van der Waals surface area contributed by atoms with Gasteiger partial charge in [0.2, 0.25) is 0 Å². The van der Waals surface area contributed by atoms with Crippen molar-refractivity contribution in [3.8, 4) is 0 Å². The van der Waals surface area contributed by atoms with Gasteiger partial charge in [0.15, 0.2) is 0 Å². The Hall–Kier alpha value is -0.570. The fraction of sp³-hybridized carbons (Fsp3) is 0.500. The fourth-order valence-electron chi connectivity index (χ4n) is 1.42. The molecule has 0 bridgehead atoms. The highest BCUT2D eigenvalue weighted by molar-refractivity contribution is 6.31. The van der Waals surface area contributed by atoms with Gasteiger partial charge in [-0.15, -0.1) is 0 Å². The van der Waals surface area contributed by atoms with Crippen LogP contribution in [0.2, 0.25) is 5.02 Å². The summed E-state index contributed by atoms with van der Waals surface area (Å²) in [4.78, 5) is 0. The monoisotopic (exact) mass is 227 g/mol. The average molecular weight is 228 g/mol. The number of hydrogen-bond donors (Lipinski definition) is 1. The maximum absolute atomic E-state index is 6.06. The molecule has 0 spiro atoms. The van der Waals surface area contributed by atoms with Gasteiger partial charge in [0.05, 0.1) is 6.61 Å². The minimum Gasteiger partial charge on any atom is -0.383 e. The number of rotatable bonds is 6. The molecule has 0 unspecified atom stereocenters. The van der Waals surface area contributed by atoms with Crippen LogP contribution in [0.3, 0.4) is 0 Å². The smallest absolute Gasteiger partial charge is 0.0615 e. The third-order valence-corrected chi connectivity index (χ3v) is 2.77. The highest BCUT2D eigenvalue weighted by atomic mass is 35.5. The van der Waals surface area contributed by atoms with Crippen LogP contribution in [0.4, 0.5) is 0 Å². The zero-order valence-corrected chi connectivity index (χ0v) is 10.1. The van der Waals surface area contributed by atoms with Crippen LogP contribution in [0.5, 0.6) is 0 Å². The molecular weight excluding hydrogens is 210 g/mol. The minimum atomic E-state index is 0.395. The summed E-state index contributed by atoms with van der Waals surface area (Å²) in [7, 11) is 1.72. The summed E-state index contributed by atoms with van der Waals surface area (Å²) in [5.41, 5.74) is 1.13. The van der Waals surface area contributed by atoms with E-state index in [2.05, 4.69) is 12.2 Å². The van der Waals surface area contributed by atoms with Crippen LogP contribution in [0.25, 0.3) is 0 Å². The van der Waals surface area contributed by atoms with Gasteiger partial charge in [0.1, 0.15) is 0 Å². The second-order valence-electron chi connectivity index (χ2n) is 3.53. The molecule has 84 valence electrons. The quantitative estimate of drug-likeness (QED) is 0.807. The van der Waals surface area contributed by atoms with Crippen LogP contribution >= 0.6 is 11.6 Å². The number of benzene rings is 1. The lowest BCUT2D eigenvalue weighted by Crippen LogP contribution is -2.32. The summed E-state index contributed by atoms with van der Waals surface area (Å²) in [6.07, 6.45) is 1.05. The van der Waals surface area contributed by atoms with Gasteiger partial charge in [-0.3, -0.25) is 0 Å². The predicted octanol–water partition coefficient (Wildman–Crippen LogP) is 2.85. The highest BCUT2D eigenvalue weighted by Gasteiger charge is 2.05. The highest BCUT2D eigenvalue weighted by Crippen LogP contribution is 2.14. The molecule has 1 rings (SSSR count). The van der Waals surface area contributed by atoms with Gasteiger partial charge in [0, 0.05) is 24.7 Å². The molecule has 0 aliphatic rings. The molecule has 0 heterocycles. The van der Waals surface area contributed by atoms with Gasteiger partial charge in [-0.2, -0.15) is 0 Å². The first-order valence-electron chi connectivity index (χ1n) is 5.23. The normalized spacial score (nSPS) is 12.7. The summed E-state index contributed by atoms with van der Waals surface area (Å²) in [6.45, 7) is 3.67. The van der Waals surface area contributed by atoms with Crippen molar-refractivity contribution in [3.63, 3.8) is 0 Å². The molecule has 3 heteroatoms. The molecule has 0 amide bonds. The second kappa shape index (κ2) is 6.83. The van der Waals surface area contributed by atoms with Gasteiger partial charge in [-0.1, -0.05) is 36.7 Å². The van der Waals surface area contributed by atoms with E-state index in [-0.39, 0.29) is 0 Å². The van der Waals surface area contributed by atoms with Gasteiger partial charge in [-0.05, 0) is 18.1 Å². The van der Waals surface area contributed by atoms with Crippen molar-refractivity contribution in [2.45, 2.75) is 25.9 Å². The summed E-state index contributed by atoms with van der Waals surface area (Å²) in [5, 5.41) is 4.23. The Balaban J connectivity index is 2.45. The van der Waals surface area contributed by atoms with E-state index in [4.69, 9.17) is 16.3 Å². The molecule has 0 aromatic heterocycles. The summed E-state index contributed by atoms with van der Waals surface area (Å²) >= 11 is 6.06. The first-order chi connectivity index (χ1) is 7.27. The van der Waals surface area contributed by atoms with E-state index in [1.165, 1.54) is 0 Å². The van der Waals surface area contributed by atoms with Gasteiger partial charge in [-0.25, -0.2) is 0 Å². The number of hydrogen-bond acceptors (Lipinski definition) is 2. The van der Waals surface area contributed by atoms with Crippen LogP contribution in [0, 0.1) is 0 Å². The van der Waals surface area contributed by atoms with Crippen LogP contribution in [-0.4, -0.2) is 19.8 Å². The molecule has 0 saturated carbocycles. The maximum atomic E-state index is 6.06. The molecule has 1 N–H and O–H groups in total. The Morgan fingerprint density at radius 2 is 2.13 bits per heavy atom. The third kappa shape index (κ3) is 4.20. The Labute approximate surface area is 96.6 Å². The van der Waals surface area contributed by atoms with Crippen LogP contribution in [0.1, 0.15) is 18.9 Å². The standard InChI is InChI=1S/C12H18ClNO/c1-3-11(9-15-2)14-8-10-6-4-5-7-12(10)13/h4-7,11,14H,3,8-9H2,1-2H3/t11-/m1/s1. The first kappa shape index (κ1) is 12.5. The lowest BCUT2D eigenvalue weighted by Gasteiger charge is -2.16. The number of halogens is 1. The van der Waals surface area contributed by atoms with Crippen LogP contribution in [0.15, 0.2) is 24.3 Å². The lowest BCUT2D eigenvalue weighted by atomic mass is 10.2. The van der Waals surface area contributed by atoms with E-state index in [1.807, 2.05) is 24.3 Å². The van der Waals surface area contributed by atoms with Crippen molar-refractivity contribution in [2.75, 3.05) is 13.7 Å². The minimum absolute atomic E-state index is 0.395. The van der Waals surface area contributed by atoms with Gasteiger partial charge < -0.3 is 10.1 Å². The van der Waals surface area contributed by atoms with E-state index >= 15 is 0 Å². The van der Waals surface area contributed by atoms with Gasteiger partial charge >= 0.3 is 0 Å². The van der Waals surface area contributed by atoms with Crippen molar-refractivity contribution < 1.29 is 4.74 Å². The lowest BCUT2D eigenvalue weighted by molar-refractivity contribution is 0.164. The molecule has 0 saturated heterocycles. The summed E-state index contributed by atoms with van der Waals surface area (Å²) in [5.74, 6) is 0. The van der Waals surface area contributed by atoms with E-state index in [0.29, 0.717) is 6.04 Å². The average Bonchev–Trinajstić information content (AvgIpc) is 2.26. The Morgan fingerprint density at radius 3 is 2.73 bits per heavy atom. The zero-order valence-electron chi connectivity index (χ0n) is 9.29. The Morgan fingerprint density at radius 1 is 1.40 bits per heavy atom. The van der Waals surface area contributed by atoms with E-state index in [9.17, 15) is 0 Å². The summed E-state index contributed by atoms with van der Waals surface area (Å²) < 4.78 is 5.12. The Kier molecular flexibility index (Phi) is 5.69. The largest absolute Gasteiger partial charge is 0.383 e. The second-order valence-corrected chi connectivity index (χ2v) is 3.94. The zero-order chi connectivity index (χ0) is 11.1. The van der Waals surface area contributed by atoms with E-state index < -0.39 is 0 Å². The van der Waals surface area contributed by atoms with Crippen molar-refractivity contribution in [2.24, 2.45) is 0 Å². The van der Waals surface area contributed by atoms with E-state index in [0.717, 1.165) is 30.2 Å². The fourth-order valence-corrected chi connectivity index (χ4v) is 1.62. The molecule has 1 aromatic carbocycles. The van der Waals surface area contributed by atoms with Crippen molar-refractivity contribution in [3.05, 3.63) is 34.9 Å². The number of methoxy groups -OCH3 is 1. The number of ether oxygens (including phenoxy) is 1. The Bertz CT molecular complexity index is 291. The van der Waals surface area contributed by atoms with Crippen LogP contribution in [-0.2, 0) is 11.3 Å². The topological polar surface area (TPSA) is 21.3 Å². The summed E-state index contributed by atoms with van der Waals surface area (Å²) in [6, 6.07) is 8.29. The molecule has 0 fully saturated rings. The van der Waals surface area contributed by atoms with Gasteiger partial charge in [0.25, 0.3) is 0 Å². The molecule has 1 aromatic rings. The predicted molar refractivity (Wildman–Crippen MR) is 64.2 cm³/mol. The molecule has 15 heavy (non-hydrogen) atoms. The van der Waals surface area contributed by atoms with E-state index in [1.54, 1.807) is 7.11 Å². The SMILES string of the molecule is CC[C@H](COC)NCc1ccccc1Cl. The molecule has 0 radical (unpaired) electrons. The van der Waals surface area contributed by atoms with Crippen molar-refractivity contribution >= 4 is 11.6 Å². The molecule has 0 aliphatic carbocycles. The molecule has 2 nitrogen and oxygen atoms in total. The first-order valence-corrected chi connectivity index (χ1v) is 5.61. The maximum Gasteiger partial charge on any atom is 0.0615 e. The third-order valence-electron chi connectivity index (χ3n) is 2.40. The molecule has 0 aliphatic heterocycles. The molecular formula is C12H18ClNO.